The molecule has 0 amide bonds. The molecule has 3 fully saturated rings. The number of ether oxygens (including phenoxy) is 1. The van der Waals surface area contributed by atoms with Crippen LogP contribution in [0.15, 0.2) is 23.3 Å². The molecule has 4 aliphatic rings. The van der Waals surface area contributed by atoms with Crippen molar-refractivity contribution in [1.82, 2.24) is 0 Å². The summed E-state index contributed by atoms with van der Waals surface area (Å²) >= 11 is 0. The van der Waals surface area contributed by atoms with Crippen molar-refractivity contribution < 1.29 is 29.6 Å². The quantitative estimate of drug-likeness (QED) is 0.325. The lowest BCUT2D eigenvalue weighted by Gasteiger charge is -2.66. The molecule has 0 bridgehead atoms. The molecule has 4 aliphatic carbocycles. The van der Waals surface area contributed by atoms with E-state index in [1.807, 2.05) is 33.8 Å². The Bertz CT molecular complexity index is 935. The predicted octanol–water partition coefficient (Wildman–Crippen LogP) is 3.87. The Balaban J connectivity index is 1.81. The van der Waals surface area contributed by atoms with Crippen molar-refractivity contribution in [2.45, 2.75) is 110 Å². The zero-order chi connectivity index (χ0) is 25.3. The van der Waals surface area contributed by atoms with Crippen LogP contribution >= 0.6 is 0 Å². The van der Waals surface area contributed by atoms with Crippen molar-refractivity contribution in [3.05, 3.63) is 23.3 Å². The van der Waals surface area contributed by atoms with Gasteiger partial charge in [0.05, 0.1) is 6.10 Å². The van der Waals surface area contributed by atoms with Crippen molar-refractivity contribution in [1.29, 1.82) is 0 Å². The van der Waals surface area contributed by atoms with Crippen LogP contribution in [0.1, 0.15) is 86.5 Å². The lowest BCUT2D eigenvalue weighted by molar-refractivity contribution is -0.299. The molecule has 0 saturated heterocycles. The van der Waals surface area contributed by atoms with Gasteiger partial charge >= 0.3 is 5.97 Å². The number of allylic oxidation sites excluding steroid dienone is 1. The summed E-state index contributed by atoms with van der Waals surface area (Å²) in [5, 5.41) is 35.0. The van der Waals surface area contributed by atoms with Gasteiger partial charge < -0.3 is 20.1 Å². The van der Waals surface area contributed by atoms with Gasteiger partial charge in [-0.2, -0.15) is 0 Å². The molecule has 8 atom stereocenters. The van der Waals surface area contributed by atoms with Gasteiger partial charge in [-0.1, -0.05) is 44.9 Å². The third-order valence-corrected chi connectivity index (χ3v) is 10.4. The fraction of sp³-hybridized carbons (Fsp3) is 0.786. The first kappa shape index (κ1) is 25.6. The first-order chi connectivity index (χ1) is 15.7. The average molecular weight is 475 g/mol. The largest absolute Gasteiger partial charge is 0.458 e. The Morgan fingerprint density at radius 2 is 1.82 bits per heavy atom. The summed E-state index contributed by atoms with van der Waals surface area (Å²) in [4.78, 5) is 25.8. The number of carbonyl (C=O) groups is 2. The second-order valence-corrected chi connectivity index (χ2v) is 12.3. The minimum absolute atomic E-state index is 0.0468. The molecule has 0 spiro atoms. The Kier molecular flexibility index (Phi) is 6.23. The van der Waals surface area contributed by atoms with Crippen molar-refractivity contribution in [2.24, 2.45) is 28.6 Å². The first-order valence-corrected chi connectivity index (χ1v) is 12.9. The van der Waals surface area contributed by atoms with Crippen LogP contribution in [0.3, 0.4) is 0 Å². The first-order valence-electron chi connectivity index (χ1n) is 12.9. The minimum Gasteiger partial charge on any atom is -0.458 e. The normalized spacial score (nSPS) is 46.3. The number of fused-ring (bicyclic) bond motifs is 5. The number of hydrogen-bond acceptors (Lipinski definition) is 6. The smallest absolute Gasteiger partial charge is 0.330 e. The van der Waals surface area contributed by atoms with E-state index in [2.05, 4.69) is 6.92 Å². The standard InChI is InChI=1S/C28H42O6/c1-16(2)17(3)13-24(31)34-23-15-22-25(5)10-8-20(30)14-19(25)7-11-27(22,32)28(33)12-9-21(18(4)29)26(23,28)6/h7,13,16,20-23,30,32-33H,8-12,14-15H2,1-6H3/b17-13+/t20-,21-,22-,23-,25+,26+,27-,28+/m1/s1. The van der Waals surface area contributed by atoms with Gasteiger partial charge in [0.1, 0.15) is 23.1 Å². The number of esters is 1. The SMILES string of the molecule is CC(=O)[C@H]1CC[C@]2(O)[C@]1(C)[C@H](OC(=O)/C=C(\C)C(C)C)C[C@@H]1[C@@]3(C)CC[C@@H](O)CC3=CC[C@@]12O. The molecule has 0 radical (unpaired) electrons. The highest BCUT2D eigenvalue weighted by atomic mass is 16.5. The highest BCUT2D eigenvalue weighted by molar-refractivity contribution is 5.83. The number of ketones is 1. The summed E-state index contributed by atoms with van der Waals surface area (Å²) < 4.78 is 6.11. The maximum Gasteiger partial charge on any atom is 0.330 e. The Labute approximate surface area is 203 Å². The van der Waals surface area contributed by atoms with E-state index in [0.717, 1.165) is 11.1 Å². The molecular weight excluding hydrogens is 432 g/mol. The van der Waals surface area contributed by atoms with Crippen LogP contribution in [-0.4, -0.2) is 50.5 Å². The summed E-state index contributed by atoms with van der Waals surface area (Å²) in [6.45, 7) is 11.4. The van der Waals surface area contributed by atoms with Gasteiger partial charge in [-0.05, 0) is 70.1 Å². The molecule has 3 saturated carbocycles. The van der Waals surface area contributed by atoms with Crippen molar-refractivity contribution in [3.8, 4) is 0 Å². The van der Waals surface area contributed by atoms with Crippen molar-refractivity contribution in [3.63, 3.8) is 0 Å². The van der Waals surface area contributed by atoms with Crippen LogP contribution in [0.2, 0.25) is 0 Å². The van der Waals surface area contributed by atoms with Crippen LogP contribution in [0, 0.1) is 28.6 Å². The van der Waals surface area contributed by atoms with E-state index in [1.54, 1.807) is 0 Å². The lowest BCUT2D eigenvalue weighted by atomic mass is 9.43. The maximum absolute atomic E-state index is 13.0. The zero-order valence-corrected chi connectivity index (χ0v) is 21.6. The van der Waals surface area contributed by atoms with Crippen LogP contribution < -0.4 is 0 Å². The molecule has 0 aliphatic heterocycles. The third kappa shape index (κ3) is 3.39. The highest BCUT2D eigenvalue weighted by Gasteiger charge is 2.77. The van der Waals surface area contributed by atoms with E-state index in [-0.39, 0.29) is 30.5 Å². The van der Waals surface area contributed by atoms with E-state index < -0.39 is 46.1 Å². The Hall–Kier alpha value is -1.50. The summed E-state index contributed by atoms with van der Waals surface area (Å²) in [5.74, 6) is -1.15. The van der Waals surface area contributed by atoms with Gasteiger partial charge in [0.2, 0.25) is 0 Å². The monoisotopic (exact) mass is 474 g/mol. The fourth-order valence-electron chi connectivity index (χ4n) is 7.96. The second-order valence-electron chi connectivity index (χ2n) is 12.3. The molecule has 0 aromatic heterocycles. The molecule has 6 nitrogen and oxygen atoms in total. The topological polar surface area (TPSA) is 104 Å². The molecule has 190 valence electrons. The molecule has 0 heterocycles. The van der Waals surface area contributed by atoms with Crippen LogP contribution in [0.25, 0.3) is 0 Å². The number of rotatable bonds is 4. The highest BCUT2D eigenvalue weighted by Crippen LogP contribution is 2.70. The van der Waals surface area contributed by atoms with Crippen LogP contribution in [0.4, 0.5) is 0 Å². The van der Waals surface area contributed by atoms with Gasteiger partial charge in [-0.25, -0.2) is 4.79 Å². The van der Waals surface area contributed by atoms with E-state index in [9.17, 15) is 24.9 Å². The van der Waals surface area contributed by atoms with Gasteiger partial charge in [-0.15, -0.1) is 0 Å². The molecule has 6 heteroatoms. The molecule has 0 aromatic carbocycles. The zero-order valence-electron chi connectivity index (χ0n) is 21.6. The molecular formula is C28H42O6. The van der Waals surface area contributed by atoms with Gasteiger partial charge in [0.25, 0.3) is 0 Å². The summed E-state index contributed by atoms with van der Waals surface area (Å²) in [7, 11) is 0. The number of hydrogen-bond donors (Lipinski definition) is 3. The second kappa shape index (κ2) is 8.28. The molecule has 34 heavy (non-hydrogen) atoms. The summed E-state index contributed by atoms with van der Waals surface area (Å²) in [5.41, 5.74) is -2.47. The molecule has 4 rings (SSSR count). The third-order valence-electron chi connectivity index (χ3n) is 10.4. The summed E-state index contributed by atoms with van der Waals surface area (Å²) in [6.07, 6.45) is 5.72. The maximum atomic E-state index is 13.0. The summed E-state index contributed by atoms with van der Waals surface area (Å²) in [6, 6.07) is 0. The number of Topliss-reactive ketones (excluding diaryl/α,β-unsaturated/α-hetero) is 1. The minimum atomic E-state index is -1.57. The number of aliphatic hydroxyl groups is 3. The van der Waals surface area contributed by atoms with Gasteiger partial charge in [0, 0.05) is 23.3 Å². The predicted molar refractivity (Wildman–Crippen MR) is 129 cm³/mol. The Morgan fingerprint density at radius 1 is 1.15 bits per heavy atom. The number of carbonyl (C=O) groups excluding carboxylic acids is 2. The lowest BCUT2D eigenvalue weighted by Crippen LogP contribution is -2.75. The van der Waals surface area contributed by atoms with Crippen molar-refractivity contribution in [2.75, 3.05) is 0 Å². The van der Waals surface area contributed by atoms with Crippen LogP contribution in [0.5, 0.6) is 0 Å². The van der Waals surface area contributed by atoms with E-state index in [4.69, 9.17) is 4.74 Å². The van der Waals surface area contributed by atoms with E-state index >= 15 is 0 Å². The molecule has 0 aromatic rings. The van der Waals surface area contributed by atoms with Crippen LogP contribution in [-0.2, 0) is 14.3 Å². The fourth-order valence-corrected chi connectivity index (χ4v) is 7.96. The van der Waals surface area contributed by atoms with Crippen molar-refractivity contribution >= 4 is 11.8 Å². The van der Waals surface area contributed by atoms with Gasteiger partial charge in [-0.3, -0.25) is 4.79 Å². The molecule has 0 unspecified atom stereocenters. The number of aliphatic hydroxyl groups excluding tert-OH is 1. The average Bonchev–Trinajstić information content (AvgIpc) is 3.04. The van der Waals surface area contributed by atoms with Gasteiger partial charge in [0.15, 0.2) is 0 Å². The Morgan fingerprint density at radius 3 is 2.44 bits per heavy atom. The molecule has 3 N–H and O–H groups in total. The van der Waals surface area contributed by atoms with E-state index in [1.165, 1.54) is 13.0 Å². The van der Waals surface area contributed by atoms with E-state index in [0.29, 0.717) is 32.1 Å².